The topological polar surface area (TPSA) is 54.5 Å². The van der Waals surface area contributed by atoms with Gasteiger partial charge < -0.3 is 4.90 Å². The SMILES string of the molecule is CCN(C)C(=O)c1ccc(Br)c(S(=O)(=O)Cl)c1. The van der Waals surface area contributed by atoms with Gasteiger partial charge in [-0.15, -0.1) is 0 Å². The van der Waals surface area contributed by atoms with Gasteiger partial charge in [-0.2, -0.15) is 0 Å². The number of amides is 1. The summed E-state index contributed by atoms with van der Waals surface area (Å²) in [6.45, 7) is 2.37. The Labute approximate surface area is 113 Å². The molecule has 0 N–H and O–H groups in total. The van der Waals surface area contributed by atoms with Crippen LogP contribution in [0.25, 0.3) is 0 Å². The molecule has 0 atom stereocenters. The molecule has 0 fully saturated rings. The van der Waals surface area contributed by atoms with Crippen molar-refractivity contribution < 1.29 is 13.2 Å². The second-order valence-corrected chi connectivity index (χ2v) is 6.79. The fourth-order valence-corrected chi connectivity index (χ4v) is 3.30. The van der Waals surface area contributed by atoms with Crippen LogP contribution in [0.2, 0.25) is 0 Å². The molecule has 0 saturated carbocycles. The van der Waals surface area contributed by atoms with E-state index in [4.69, 9.17) is 10.7 Å². The molecule has 1 aromatic carbocycles. The molecule has 0 radical (unpaired) electrons. The van der Waals surface area contributed by atoms with E-state index in [1.165, 1.54) is 17.0 Å². The van der Waals surface area contributed by atoms with Crippen molar-refractivity contribution >= 4 is 41.6 Å². The Bertz CT molecular complexity index is 544. The smallest absolute Gasteiger partial charge is 0.262 e. The lowest BCUT2D eigenvalue weighted by Gasteiger charge is -2.14. The summed E-state index contributed by atoms with van der Waals surface area (Å²) in [5.41, 5.74) is 0.289. The van der Waals surface area contributed by atoms with Gasteiger partial charge in [0.05, 0.1) is 4.90 Å². The number of rotatable bonds is 3. The summed E-state index contributed by atoms with van der Waals surface area (Å²) in [6.07, 6.45) is 0. The molecule has 7 heteroatoms. The third-order valence-corrected chi connectivity index (χ3v) is 4.58. The van der Waals surface area contributed by atoms with E-state index in [-0.39, 0.29) is 16.4 Å². The van der Waals surface area contributed by atoms with Gasteiger partial charge in [-0.05, 0) is 41.1 Å². The van der Waals surface area contributed by atoms with Crippen LogP contribution < -0.4 is 0 Å². The number of carbonyl (C=O) groups is 1. The third-order valence-electron chi connectivity index (χ3n) is 2.26. The van der Waals surface area contributed by atoms with E-state index in [2.05, 4.69) is 15.9 Å². The highest BCUT2D eigenvalue weighted by Gasteiger charge is 2.18. The fourth-order valence-electron chi connectivity index (χ4n) is 1.19. The maximum absolute atomic E-state index is 11.8. The maximum Gasteiger partial charge on any atom is 0.262 e. The Morgan fingerprint density at radius 1 is 1.47 bits per heavy atom. The molecule has 1 aromatic rings. The summed E-state index contributed by atoms with van der Waals surface area (Å²) in [7, 11) is 3.04. The van der Waals surface area contributed by atoms with Crippen LogP contribution in [-0.2, 0) is 9.05 Å². The summed E-state index contributed by atoms with van der Waals surface area (Å²) >= 11 is 3.08. The van der Waals surface area contributed by atoms with E-state index in [1.54, 1.807) is 13.1 Å². The van der Waals surface area contributed by atoms with Gasteiger partial charge in [-0.3, -0.25) is 4.79 Å². The summed E-state index contributed by atoms with van der Waals surface area (Å²) < 4.78 is 22.9. The third kappa shape index (κ3) is 3.43. The Kier molecular flexibility index (Phi) is 4.57. The van der Waals surface area contributed by atoms with Crippen molar-refractivity contribution in [2.75, 3.05) is 13.6 Å². The first-order chi connectivity index (χ1) is 7.77. The van der Waals surface area contributed by atoms with Gasteiger partial charge in [0, 0.05) is 34.3 Å². The number of hydrogen-bond donors (Lipinski definition) is 0. The van der Waals surface area contributed by atoms with E-state index >= 15 is 0 Å². The molecule has 1 rings (SSSR count). The highest BCUT2D eigenvalue weighted by Crippen LogP contribution is 2.26. The van der Waals surface area contributed by atoms with E-state index in [1.807, 2.05) is 6.92 Å². The summed E-state index contributed by atoms with van der Waals surface area (Å²) in [5, 5.41) is 0. The van der Waals surface area contributed by atoms with E-state index in [0.29, 0.717) is 11.0 Å². The minimum atomic E-state index is -3.87. The molecular weight excluding hydrogens is 330 g/mol. The van der Waals surface area contributed by atoms with Crippen LogP contribution in [-0.4, -0.2) is 32.8 Å². The molecule has 4 nitrogen and oxygen atoms in total. The van der Waals surface area contributed by atoms with Crippen LogP contribution in [0, 0.1) is 0 Å². The molecule has 0 aliphatic rings. The van der Waals surface area contributed by atoms with Crippen LogP contribution in [0.5, 0.6) is 0 Å². The normalized spacial score (nSPS) is 11.3. The number of nitrogens with zero attached hydrogens (tertiary/aromatic N) is 1. The quantitative estimate of drug-likeness (QED) is 0.794. The van der Waals surface area contributed by atoms with Gasteiger partial charge >= 0.3 is 0 Å². The Balaban J connectivity index is 3.27. The largest absolute Gasteiger partial charge is 0.342 e. The summed E-state index contributed by atoms with van der Waals surface area (Å²) in [5.74, 6) is -0.249. The maximum atomic E-state index is 11.8. The number of hydrogen-bond acceptors (Lipinski definition) is 3. The molecule has 0 aromatic heterocycles. The minimum absolute atomic E-state index is 0.102. The van der Waals surface area contributed by atoms with Crippen molar-refractivity contribution in [3.8, 4) is 0 Å². The zero-order valence-corrected chi connectivity index (χ0v) is 12.4. The molecule has 0 heterocycles. The number of halogens is 2. The van der Waals surface area contributed by atoms with E-state index in [0.717, 1.165) is 0 Å². The summed E-state index contributed by atoms with van der Waals surface area (Å²) in [4.78, 5) is 13.2. The lowest BCUT2D eigenvalue weighted by Crippen LogP contribution is -2.26. The van der Waals surface area contributed by atoms with Crippen molar-refractivity contribution in [2.45, 2.75) is 11.8 Å². The fraction of sp³-hybridized carbons (Fsp3) is 0.300. The standard InChI is InChI=1S/C10H11BrClNO3S/c1-3-13(2)10(14)7-4-5-8(11)9(6-7)17(12,15)16/h4-6H,3H2,1-2H3. The summed E-state index contributed by atoms with van der Waals surface area (Å²) in [6, 6.07) is 4.30. The molecule has 0 spiro atoms. The predicted molar refractivity (Wildman–Crippen MR) is 69.8 cm³/mol. The van der Waals surface area contributed by atoms with Crippen molar-refractivity contribution in [2.24, 2.45) is 0 Å². The average Bonchev–Trinajstić information content (AvgIpc) is 2.26. The highest BCUT2D eigenvalue weighted by atomic mass is 79.9. The highest BCUT2D eigenvalue weighted by molar-refractivity contribution is 9.10. The van der Waals surface area contributed by atoms with Crippen molar-refractivity contribution in [1.29, 1.82) is 0 Å². The van der Waals surface area contributed by atoms with E-state index in [9.17, 15) is 13.2 Å². The van der Waals surface area contributed by atoms with Gasteiger partial charge in [0.2, 0.25) is 0 Å². The van der Waals surface area contributed by atoms with Gasteiger partial charge in [0.25, 0.3) is 15.0 Å². The molecular formula is C10H11BrClNO3S. The second kappa shape index (κ2) is 5.37. The van der Waals surface area contributed by atoms with Crippen LogP contribution >= 0.6 is 26.6 Å². The molecule has 0 saturated heterocycles. The number of carbonyl (C=O) groups excluding carboxylic acids is 1. The lowest BCUT2D eigenvalue weighted by molar-refractivity contribution is 0.0802. The first kappa shape index (κ1) is 14.5. The first-order valence-corrected chi connectivity index (χ1v) is 7.87. The van der Waals surface area contributed by atoms with Gasteiger partial charge in [-0.25, -0.2) is 8.42 Å². The van der Waals surface area contributed by atoms with Crippen LogP contribution in [0.1, 0.15) is 17.3 Å². The second-order valence-electron chi connectivity index (χ2n) is 3.40. The lowest BCUT2D eigenvalue weighted by atomic mass is 10.2. The monoisotopic (exact) mass is 339 g/mol. The van der Waals surface area contributed by atoms with Gasteiger partial charge in [-0.1, -0.05) is 0 Å². The van der Waals surface area contributed by atoms with Crippen LogP contribution in [0.4, 0.5) is 0 Å². The van der Waals surface area contributed by atoms with Gasteiger partial charge in [0.15, 0.2) is 0 Å². The molecule has 0 bridgehead atoms. The molecule has 1 amide bonds. The average molecular weight is 341 g/mol. The van der Waals surface area contributed by atoms with Crippen molar-refractivity contribution in [3.63, 3.8) is 0 Å². The van der Waals surface area contributed by atoms with Gasteiger partial charge in [0.1, 0.15) is 0 Å². The van der Waals surface area contributed by atoms with Crippen LogP contribution in [0.3, 0.4) is 0 Å². The molecule has 17 heavy (non-hydrogen) atoms. The molecule has 0 aliphatic heterocycles. The molecule has 0 unspecified atom stereocenters. The van der Waals surface area contributed by atoms with E-state index < -0.39 is 9.05 Å². The predicted octanol–water partition coefficient (Wildman–Crippen LogP) is 2.47. The Morgan fingerprint density at radius 3 is 2.53 bits per heavy atom. The Hall–Kier alpha value is -0.590. The molecule has 94 valence electrons. The Morgan fingerprint density at radius 2 is 2.06 bits per heavy atom. The minimum Gasteiger partial charge on any atom is -0.342 e. The molecule has 0 aliphatic carbocycles. The van der Waals surface area contributed by atoms with Crippen LogP contribution in [0.15, 0.2) is 27.6 Å². The zero-order chi connectivity index (χ0) is 13.2. The van der Waals surface area contributed by atoms with Crippen molar-refractivity contribution in [3.05, 3.63) is 28.2 Å². The van der Waals surface area contributed by atoms with Crippen molar-refractivity contribution in [1.82, 2.24) is 4.90 Å². The number of benzene rings is 1. The first-order valence-electron chi connectivity index (χ1n) is 4.77. The zero-order valence-electron chi connectivity index (χ0n) is 9.28.